The molecule has 2 aromatic heterocycles. The number of nitrogens with one attached hydrogen (secondary N) is 1. The molecule has 0 bridgehead atoms. The van der Waals surface area contributed by atoms with Gasteiger partial charge in [0.05, 0.1) is 28.2 Å². The lowest BCUT2D eigenvalue weighted by Gasteiger charge is -2.18. The van der Waals surface area contributed by atoms with Crippen LogP contribution < -0.4 is 5.73 Å². The summed E-state index contributed by atoms with van der Waals surface area (Å²) in [7, 11) is 0. The van der Waals surface area contributed by atoms with E-state index >= 15 is 0 Å². The van der Waals surface area contributed by atoms with Crippen LogP contribution in [0, 0.1) is 0 Å². The van der Waals surface area contributed by atoms with Crippen molar-refractivity contribution in [3.63, 3.8) is 0 Å². The Bertz CT molecular complexity index is 748. The molecule has 0 amide bonds. The number of H-pyrrole nitrogens is 1. The van der Waals surface area contributed by atoms with Gasteiger partial charge in [-0.1, -0.05) is 23.8 Å². The van der Waals surface area contributed by atoms with Gasteiger partial charge < -0.3 is 10.7 Å². The van der Waals surface area contributed by atoms with Crippen molar-refractivity contribution in [2.75, 3.05) is 0 Å². The van der Waals surface area contributed by atoms with Crippen LogP contribution in [-0.4, -0.2) is 32.0 Å². The third-order valence-corrected chi connectivity index (χ3v) is 4.08. The van der Waals surface area contributed by atoms with Gasteiger partial charge in [-0.3, -0.25) is 4.98 Å². The third-order valence-electron chi connectivity index (χ3n) is 3.25. The molecule has 0 fully saturated rings. The average molecular weight is 306 g/mol. The van der Waals surface area contributed by atoms with Gasteiger partial charge in [0.25, 0.3) is 0 Å². The molecule has 3 rings (SSSR count). The number of aliphatic imine (C=N–C) groups is 2. The van der Waals surface area contributed by atoms with E-state index in [0.717, 1.165) is 16.6 Å². The van der Waals surface area contributed by atoms with Crippen LogP contribution in [0.15, 0.2) is 34.5 Å². The molecule has 1 aliphatic rings. The summed E-state index contributed by atoms with van der Waals surface area (Å²) in [5, 5.41) is 1.33. The van der Waals surface area contributed by atoms with E-state index in [9.17, 15) is 0 Å². The highest BCUT2D eigenvalue weighted by molar-refractivity contribution is 7.82. The SMILES string of the molecule is CC(C1=NC(N)C(=S)C(Cl)=N1)c1cc2cc[nH]c2cn1. The number of rotatable bonds is 2. The minimum absolute atomic E-state index is 0.0998. The second kappa shape index (κ2) is 5.05. The van der Waals surface area contributed by atoms with Crippen molar-refractivity contribution >= 4 is 50.6 Å². The van der Waals surface area contributed by atoms with Gasteiger partial charge in [0.15, 0.2) is 0 Å². The fraction of sp³-hybridized carbons (Fsp3) is 0.231. The number of thiocarbonyl (C=S) groups is 1. The van der Waals surface area contributed by atoms with Crippen LogP contribution in [0.3, 0.4) is 0 Å². The van der Waals surface area contributed by atoms with E-state index in [1.165, 1.54) is 0 Å². The first-order chi connectivity index (χ1) is 9.56. The van der Waals surface area contributed by atoms with Gasteiger partial charge >= 0.3 is 0 Å². The second-order valence-electron chi connectivity index (χ2n) is 4.59. The van der Waals surface area contributed by atoms with Crippen molar-refractivity contribution in [3.05, 3.63) is 30.2 Å². The minimum Gasteiger partial charge on any atom is -0.360 e. The Kier molecular flexibility index (Phi) is 3.37. The first-order valence-electron chi connectivity index (χ1n) is 6.11. The summed E-state index contributed by atoms with van der Waals surface area (Å²) in [6.45, 7) is 1.97. The monoisotopic (exact) mass is 305 g/mol. The van der Waals surface area contributed by atoms with Crippen LogP contribution in [0.2, 0.25) is 0 Å². The number of amidine groups is 1. The maximum absolute atomic E-state index is 5.99. The number of aromatic amines is 1. The van der Waals surface area contributed by atoms with Crippen LogP contribution >= 0.6 is 23.8 Å². The van der Waals surface area contributed by atoms with Gasteiger partial charge in [0, 0.05) is 11.6 Å². The molecule has 102 valence electrons. The Balaban J connectivity index is 1.98. The van der Waals surface area contributed by atoms with E-state index in [-0.39, 0.29) is 11.1 Å². The molecule has 1 aliphatic heterocycles. The lowest BCUT2D eigenvalue weighted by atomic mass is 10.0. The van der Waals surface area contributed by atoms with E-state index in [1.54, 1.807) is 6.20 Å². The van der Waals surface area contributed by atoms with Gasteiger partial charge in [-0.15, -0.1) is 0 Å². The molecule has 0 saturated heterocycles. The molecule has 0 spiro atoms. The van der Waals surface area contributed by atoms with Crippen LogP contribution in [0.5, 0.6) is 0 Å². The third kappa shape index (κ3) is 2.26. The van der Waals surface area contributed by atoms with Crippen LogP contribution in [0.25, 0.3) is 10.9 Å². The Morgan fingerprint density at radius 2 is 2.30 bits per heavy atom. The van der Waals surface area contributed by atoms with Crippen molar-refractivity contribution in [3.8, 4) is 0 Å². The predicted molar refractivity (Wildman–Crippen MR) is 85.8 cm³/mol. The zero-order valence-electron chi connectivity index (χ0n) is 10.7. The van der Waals surface area contributed by atoms with E-state index < -0.39 is 6.17 Å². The molecule has 0 radical (unpaired) electrons. The Hall–Kier alpha value is -1.63. The number of fused-ring (bicyclic) bond motifs is 1. The van der Waals surface area contributed by atoms with Crippen LogP contribution in [0.4, 0.5) is 0 Å². The van der Waals surface area contributed by atoms with E-state index in [2.05, 4.69) is 20.0 Å². The van der Waals surface area contributed by atoms with E-state index in [0.29, 0.717) is 10.7 Å². The molecule has 2 atom stereocenters. The maximum Gasteiger partial charge on any atom is 0.148 e. The average Bonchev–Trinajstić information content (AvgIpc) is 2.90. The maximum atomic E-state index is 5.99. The molecule has 2 aromatic rings. The summed E-state index contributed by atoms with van der Waals surface area (Å²) in [6.07, 6.45) is 3.06. The molecule has 0 saturated carbocycles. The van der Waals surface area contributed by atoms with Gasteiger partial charge in [0.2, 0.25) is 0 Å². The van der Waals surface area contributed by atoms with Crippen molar-refractivity contribution in [1.82, 2.24) is 9.97 Å². The molecular weight excluding hydrogens is 294 g/mol. The zero-order valence-corrected chi connectivity index (χ0v) is 12.2. The smallest absolute Gasteiger partial charge is 0.148 e. The minimum atomic E-state index is -0.608. The summed E-state index contributed by atoms with van der Waals surface area (Å²) in [5.74, 6) is 0.454. The number of hydrogen-bond donors (Lipinski definition) is 2. The van der Waals surface area contributed by atoms with Gasteiger partial charge in [-0.2, -0.15) is 0 Å². The topological polar surface area (TPSA) is 79.4 Å². The van der Waals surface area contributed by atoms with Crippen LogP contribution in [-0.2, 0) is 0 Å². The van der Waals surface area contributed by atoms with Crippen molar-refractivity contribution in [2.45, 2.75) is 19.0 Å². The molecule has 3 heterocycles. The second-order valence-corrected chi connectivity index (χ2v) is 5.39. The first kappa shape index (κ1) is 13.4. The zero-order chi connectivity index (χ0) is 14.3. The molecule has 3 N–H and O–H groups in total. The fourth-order valence-corrected chi connectivity index (χ4v) is 2.35. The van der Waals surface area contributed by atoms with E-state index in [4.69, 9.17) is 29.6 Å². The number of hydrogen-bond acceptors (Lipinski definition) is 5. The van der Waals surface area contributed by atoms with Gasteiger partial charge in [-0.05, 0) is 19.1 Å². The van der Waals surface area contributed by atoms with Crippen molar-refractivity contribution in [2.24, 2.45) is 15.7 Å². The number of nitrogens with zero attached hydrogens (tertiary/aromatic N) is 3. The van der Waals surface area contributed by atoms with Crippen molar-refractivity contribution in [1.29, 1.82) is 0 Å². The number of nitrogens with two attached hydrogens (primary N) is 1. The summed E-state index contributed by atoms with van der Waals surface area (Å²) in [5.41, 5.74) is 7.69. The highest BCUT2D eigenvalue weighted by Crippen LogP contribution is 2.22. The van der Waals surface area contributed by atoms with Gasteiger partial charge in [-0.25, -0.2) is 9.98 Å². The molecule has 7 heteroatoms. The van der Waals surface area contributed by atoms with Gasteiger partial charge in [0.1, 0.15) is 17.2 Å². The number of pyridine rings is 1. The molecular formula is C13H12ClN5S. The Morgan fingerprint density at radius 1 is 1.50 bits per heavy atom. The number of aromatic nitrogens is 2. The van der Waals surface area contributed by atoms with Crippen molar-refractivity contribution < 1.29 is 0 Å². The fourth-order valence-electron chi connectivity index (χ4n) is 2.05. The van der Waals surface area contributed by atoms with E-state index in [1.807, 2.05) is 25.3 Å². The normalized spacial score (nSPS) is 20.8. The summed E-state index contributed by atoms with van der Waals surface area (Å²) >= 11 is 11.0. The lowest BCUT2D eigenvalue weighted by Crippen LogP contribution is -2.36. The Morgan fingerprint density at radius 3 is 3.05 bits per heavy atom. The molecule has 0 aromatic carbocycles. The highest BCUT2D eigenvalue weighted by atomic mass is 35.5. The summed E-state index contributed by atoms with van der Waals surface area (Å²) < 4.78 is 0. The Labute approximate surface area is 126 Å². The quantitative estimate of drug-likeness (QED) is 0.836. The highest BCUT2D eigenvalue weighted by Gasteiger charge is 2.24. The largest absolute Gasteiger partial charge is 0.360 e. The molecule has 20 heavy (non-hydrogen) atoms. The lowest BCUT2D eigenvalue weighted by molar-refractivity contribution is 0.878. The summed E-state index contributed by atoms with van der Waals surface area (Å²) in [4.78, 5) is 16.4. The molecule has 2 unspecified atom stereocenters. The first-order valence-corrected chi connectivity index (χ1v) is 6.89. The van der Waals surface area contributed by atoms with Crippen LogP contribution in [0.1, 0.15) is 18.5 Å². The molecule has 5 nitrogen and oxygen atoms in total. The standard InChI is InChI=1S/C13H12ClN5S/c1-6(13-18-11(14)10(20)12(15)19-13)8-4-7-2-3-16-9(7)5-17-8/h2-6,12,16H,15H2,1H3. The predicted octanol–water partition coefficient (Wildman–Crippen LogP) is 2.37. The summed E-state index contributed by atoms with van der Waals surface area (Å²) in [6, 6.07) is 3.99. The molecule has 0 aliphatic carbocycles. The number of halogens is 1.